The Morgan fingerprint density at radius 3 is 2.50 bits per heavy atom. The van der Waals surface area contributed by atoms with E-state index in [2.05, 4.69) is 19.9 Å². The van der Waals surface area contributed by atoms with Crippen molar-refractivity contribution in [1.29, 1.82) is 0 Å². The SMILES string of the molecule is O=C(O)c1ccc(-c2ccc(-c3nc4[nH]cnc4c(=O)[nH]3)cc2[N+](=O)[O-])cc1. The number of carboxylic acids is 1. The first-order valence-corrected chi connectivity index (χ1v) is 8.00. The Morgan fingerprint density at radius 1 is 1.11 bits per heavy atom. The second-order valence-electron chi connectivity index (χ2n) is 5.89. The van der Waals surface area contributed by atoms with Crippen LogP contribution in [-0.4, -0.2) is 35.9 Å². The number of fused-ring (bicyclic) bond motifs is 1. The molecule has 0 atom stereocenters. The Morgan fingerprint density at radius 2 is 1.82 bits per heavy atom. The highest BCUT2D eigenvalue weighted by Crippen LogP contribution is 2.33. The number of benzene rings is 2. The lowest BCUT2D eigenvalue weighted by molar-refractivity contribution is -0.384. The van der Waals surface area contributed by atoms with Gasteiger partial charge in [0.2, 0.25) is 0 Å². The van der Waals surface area contributed by atoms with Gasteiger partial charge in [-0.25, -0.2) is 14.8 Å². The lowest BCUT2D eigenvalue weighted by Crippen LogP contribution is -2.09. The molecule has 2 aromatic carbocycles. The summed E-state index contributed by atoms with van der Waals surface area (Å²) in [5, 5.41) is 20.6. The van der Waals surface area contributed by atoms with Gasteiger partial charge in [0.15, 0.2) is 11.2 Å². The van der Waals surface area contributed by atoms with Crippen LogP contribution in [0.3, 0.4) is 0 Å². The summed E-state index contributed by atoms with van der Waals surface area (Å²) >= 11 is 0. The number of imidazole rings is 1. The number of hydrogen-bond acceptors (Lipinski definition) is 6. The third kappa shape index (κ3) is 2.88. The maximum atomic E-state index is 12.1. The van der Waals surface area contributed by atoms with Gasteiger partial charge in [-0.1, -0.05) is 18.2 Å². The van der Waals surface area contributed by atoms with Crippen LogP contribution in [0, 0.1) is 10.1 Å². The standard InChI is InChI=1S/C18H11N5O5/c24-17-14-16(20-8-19-14)21-15(22-17)11-5-6-12(13(7-11)23(27)28)9-1-3-10(4-2-9)18(25)26/h1-8H,(H,25,26)(H2,19,20,21,22,24). The van der Waals surface area contributed by atoms with Gasteiger partial charge in [0, 0.05) is 11.6 Å². The van der Waals surface area contributed by atoms with Crippen molar-refractivity contribution < 1.29 is 14.8 Å². The minimum atomic E-state index is -1.08. The predicted molar refractivity (Wildman–Crippen MR) is 99.0 cm³/mol. The van der Waals surface area contributed by atoms with Crippen molar-refractivity contribution in [1.82, 2.24) is 19.9 Å². The zero-order chi connectivity index (χ0) is 19.8. The summed E-state index contributed by atoms with van der Waals surface area (Å²) in [5.74, 6) is -0.918. The molecule has 4 rings (SSSR count). The van der Waals surface area contributed by atoms with E-state index in [1.807, 2.05) is 0 Å². The summed E-state index contributed by atoms with van der Waals surface area (Å²) in [4.78, 5) is 47.5. The number of aromatic nitrogens is 4. The third-order valence-corrected chi connectivity index (χ3v) is 4.20. The molecule has 0 spiro atoms. The summed E-state index contributed by atoms with van der Waals surface area (Å²) in [7, 11) is 0. The number of hydrogen-bond donors (Lipinski definition) is 3. The van der Waals surface area contributed by atoms with Crippen LogP contribution < -0.4 is 5.56 Å². The summed E-state index contributed by atoms with van der Waals surface area (Å²) in [6, 6.07) is 10.2. The molecule has 2 aromatic heterocycles. The fourth-order valence-electron chi connectivity index (χ4n) is 2.85. The Kier molecular flexibility index (Phi) is 3.93. The molecule has 28 heavy (non-hydrogen) atoms. The van der Waals surface area contributed by atoms with Gasteiger partial charge in [0.05, 0.1) is 22.4 Å². The maximum Gasteiger partial charge on any atom is 0.335 e. The Balaban J connectivity index is 1.83. The van der Waals surface area contributed by atoms with E-state index in [1.165, 1.54) is 42.7 Å². The molecule has 0 aliphatic carbocycles. The highest BCUT2D eigenvalue weighted by Gasteiger charge is 2.18. The number of aromatic carboxylic acids is 1. The Labute approximate surface area is 155 Å². The Bertz CT molecular complexity index is 1290. The molecule has 0 amide bonds. The van der Waals surface area contributed by atoms with E-state index in [1.54, 1.807) is 6.07 Å². The van der Waals surface area contributed by atoms with Crippen LogP contribution in [0.5, 0.6) is 0 Å². The molecule has 0 saturated heterocycles. The van der Waals surface area contributed by atoms with Crippen LogP contribution in [0.1, 0.15) is 10.4 Å². The van der Waals surface area contributed by atoms with Crippen LogP contribution in [0.4, 0.5) is 5.69 Å². The van der Waals surface area contributed by atoms with Gasteiger partial charge >= 0.3 is 5.97 Å². The molecule has 0 fully saturated rings. The second kappa shape index (κ2) is 6.43. The summed E-state index contributed by atoms with van der Waals surface area (Å²) < 4.78 is 0. The van der Waals surface area contributed by atoms with Crippen molar-refractivity contribution >= 4 is 22.8 Å². The van der Waals surface area contributed by atoms with E-state index in [0.29, 0.717) is 16.7 Å². The molecule has 0 radical (unpaired) electrons. The van der Waals surface area contributed by atoms with Gasteiger partial charge < -0.3 is 15.1 Å². The average molecular weight is 377 g/mol. The lowest BCUT2D eigenvalue weighted by atomic mass is 10.00. The molecule has 2 heterocycles. The van der Waals surface area contributed by atoms with Gasteiger partial charge in [-0.15, -0.1) is 0 Å². The molecule has 10 nitrogen and oxygen atoms in total. The quantitative estimate of drug-likeness (QED) is 0.364. The first kappa shape index (κ1) is 17.1. The number of nitrogens with one attached hydrogen (secondary N) is 2. The van der Waals surface area contributed by atoms with Crippen molar-refractivity contribution in [2.24, 2.45) is 0 Å². The number of nitrogens with zero attached hydrogens (tertiary/aromatic N) is 3. The molecule has 4 aromatic rings. The average Bonchev–Trinajstić information content (AvgIpc) is 3.17. The van der Waals surface area contributed by atoms with E-state index in [0.717, 1.165) is 0 Å². The molecule has 0 aliphatic heterocycles. The first-order valence-electron chi connectivity index (χ1n) is 8.00. The van der Waals surface area contributed by atoms with Gasteiger partial charge in [0.25, 0.3) is 11.2 Å². The van der Waals surface area contributed by atoms with Gasteiger partial charge in [-0.2, -0.15) is 0 Å². The van der Waals surface area contributed by atoms with Crippen molar-refractivity contribution in [3.63, 3.8) is 0 Å². The van der Waals surface area contributed by atoms with Crippen molar-refractivity contribution in [2.45, 2.75) is 0 Å². The van der Waals surface area contributed by atoms with E-state index < -0.39 is 16.5 Å². The van der Waals surface area contributed by atoms with Crippen molar-refractivity contribution in [3.8, 4) is 22.5 Å². The number of carbonyl (C=O) groups is 1. The highest BCUT2D eigenvalue weighted by atomic mass is 16.6. The normalized spacial score (nSPS) is 10.9. The summed E-state index contributed by atoms with van der Waals surface area (Å²) in [6.45, 7) is 0. The molecular weight excluding hydrogens is 366 g/mol. The largest absolute Gasteiger partial charge is 0.478 e. The molecule has 0 bridgehead atoms. The zero-order valence-corrected chi connectivity index (χ0v) is 14.0. The van der Waals surface area contributed by atoms with Crippen LogP contribution in [0.15, 0.2) is 53.6 Å². The predicted octanol–water partition coefficient (Wildman–Crippen LogP) is 2.59. The molecule has 0 unspecified atom stereocenters. The van der Waals surface area contributed by atoms with Crippen LogP contribution in [0.25, 0.3) is 33.7 Å². The lowest BCUT2D eigenvalue weighted by Gasteiger charge is -2.07. The highest BCUT2D eigenvalue weighted by molar-refractivity contribution is 5.89. The fraction of sp³-hybridized carbons (Fsp3) is 0. The number of nitro groups is 1. The number of carboxylic acid groups (broad SMARTS) is 1. The topological polar surface area (TPSA) is 155 Å². The van der Waals surface area contributed by atoms with Crippen LogP contribution in [0.2, 0.25) is 0 Å². The van der Waals surface area contributed by atoms with Crippen LogP contribution in [-0.2, 0) is 0 Å². The molecular formula is C18H11N5O5. The molecule has 10 heteroatoms. The monoisotopic (exact) mass is 377 g/mol. The molecule has 0 aliphatic rings. The first-order chi connectivity index (χ1) is 13.4. The zero-order valence-electron chi connectivity index (χ0n) is 14.0. The van der Waals surface area contributed by atoms with Crippen molar-refractivity contribution in [3.05, 3.63) is 74.8 Å². The fourth-order valence-corrected chi connectivity index (χ4v) is 2.85. The third-order valence-electron chi connectivity index (χ3n) is 4.20. The number of rotatable bonds is 4. The molecule has 3 N–H and O–H groups in total. The van der Waals surface area contributed by atoms with E-state index in [4.69, 9.17) is 5.11 Å². The van der Waals surface area contributed by atoms with E-state index >= 15 is 0 Å². The minimum Gasteiger partial charge on any atom is -0.478 e. The number of nitro benzene ring substituents is 1. The maximum absolute atomic E-state index is 12.1. The van der Waals surface area contributed by atoms with E-state index in [-0.39, 0.29) is 28.2 Å². The van der Waals surface area contributed by atoms with Gasteiger partial charge in [-0.05, 0) is 23.8 Å². The number of H-pyrrole nitrogens is 2. The van der Waals surface area contributed by atoms with Gasteiger partial charge in [-0.3, -0.25) is 14.9 Å². The number of aromatic amines is 2. The van der Waals surface area contributed by atoms with Crippen LogP contribution >= 0.6 is 0 Å². The second-order valence-corrected chi connectivity index (χ2v) is 5.89. The van der Waals surface area contributed by atoms with Crippen molar-refractivity contribution in [2.75, 3.05) is 0 Å². The van der Waals surface area contributed by atoms with Gasteiger partial charge in [0.1, 0.15) is 5.82 Å². The van der Waals surface area contributed by atoms with E-state index in [9.17, 15) is 19.7 Å². The summed E-state index contributed by atoms with van der Waals surface area (Å²) in [6.07, 6.45) is 1.34. The molecule has 138 valence electrons. The Hall–Kier alpha value is -4.34. The summed E-state index contributed by atoms with van der Waals surface area (Å²) in [5.41, 5.74) is 1.00. The molecule has 0 saturated carbocycles. The minimum absolute atomic E-state index is 0.0812. The smallest absolute Gasteiger partial charge is 0.335 e.